The van der Waals surface area contributed by atoms with Gasteiger partial charge in [-0.15, -0.1) is 0 Å². The van der Waals surface area contributed by atoms with Gasteiger partial charge in [0.2, 0.25) is 5.95 Å². The van der Waals surface area contributed by atoms with E-state index in [2.05, 4.69) is 10.3 Å². The number of nitrogens with one attached hydrogen (secondary N) is 1. The van der Waals surface area contributed by atoms with E-state index in [1.165, 1.54) is 6.07 Å². The molecule has 0 radical (unpaired) electrons. The van der Waals surface area contributed by atoms with Crippen molar-refractivity contribution < 1.29 is 9.13 Å². The van der Waals surface area contributed by atoms with Crippen molar-refractivity contribution in [2.24, 2.45) is 0 Å². The zero-order valence-corrected chi connectivity index (χ0v) is 9.27. The first-order valence-electron chi connectivity index (χ1n) is 5.39. The summed E-state index contributed by atoms with van der Waals surface area (Å²) >= 11 is 0. The van der Waals surface area contributed by atoms with Crippen molar-refractivity contribution in [3.8, 4) is 5.75 Å². The van der Waals surface area contributed by atoms with Gasteiger partial charge in [0.25, 0.3) is 0 Å². The van der Waals surface area contributed by atoms with Crippen molar-refractivity contribution in [1.29, 1.82) is 0 Å². The fourth-order valence-corrected chi connectivity index (χ4v) is 1.37. The van der Waals surface area contributed by atoms with Crippen molar-refractivity contribution >= 4 is 5.82 Å². The molecule has 1 aromatic heterocycles. The molecule has 0 unspecified atom stereocenters. The molecular formula is C13H13FN2O. The summed E-state index contributed by atoms with van der Waals surface area (Å²) in [6.07, 6.45) is 0. The number of benzene rings is 1. The molecule has 3 nitrogen and oxygen atoms in total. The molecule has 0 spiro atoms. The Balaban J connectivity index is 1.73. The van der Waals surface area contributed by atoms with Gasteiger partial charge in [0, 0.05) is 0 Å². The number of halogens is 1. The molecule has 1 aromatic carbocycles. The van der Waals surface area contributed by atoms with E-state index in [9.17, 15) is 4.39 Å². The van der Waals surface area contributed by atoms with E-state index in [0.29, 0.717) is 19.0 Å². The number of aromatic nitrogens is 1. The van der Waals surface area contributed by atoms with E-state index in [-0.39, 0.29) is 0 Å². The van der Waals surface area contributed by atoms with Gasteiger partial charge in [-0.25, -0.2) is 4.98 Å². The largest absolute Gasteiger partial charge is 0.492 e. The molecule has 2 aromatic rings. The van der Waals surface area contributed by atoms with E-state index < -0.39 is 5.95 Å². The lowest BCUT2D eigenvalue weighted by molar-refractivity contribution is 0.332. The Kier molecular flexibility index (Phi) is 3.91. The van der Waals surface area contributed by atoms with Crippen LogP contribution in [0.4, 0.5) is 10.2 Å². The van der Waals surface area contributed by atoms with E-state index in [1.807, 2.05) is 30.3 Å². The van der Waals surface area contributed by atoms with Crippen LogP contribution >= 0.6 is 0 Å². The highest BCUT2D eigenvalue weighted by atomic mass is 19.1. The maximum atomic E-state index is 12.8. The molecule has 0 amide bonds. The summed E-state index contributed by atoms with van der Waals surface area (Å²) in [7, 11) is 0. The Morgan fingerprint density at radius 1 is 1.06 bits per heavy atom. The maximum Gasteiger partial charge on any atom is 0.214 e. The number of para-hydroxylation sites is 1. The Morgan fingerprint density at radius 3 is 2.65 bits per heavy atom. The summed E-state index contributed by atoms with van der Waals surface area (Å²) in [6, 6.07) is 14.2. The number of hydrogen-bond donors (Lipinski definition) is 1. The predicted octanol–water partition coefficient (Wildman–Crippen LogP) is 2.71. The average Bonchev–Trinajstić information content (AvgIpc) is 2.36. The number of hydrogen-bond acceptors (Lipinski definition) is 3. The fourth-order valence-electron chi connectivity index (χ4n) is 1.37. The molecule has 0 aliphatic carbocycles. The molecule has 0 saturated heterocycles. The number of pyridine rings is 1. The minimum absolute atomic E-state index is 0.487. The van der Waals surface area contributed by atoms with Crippen molar-refractivity contribution in [1.82, 2.24) is 4.98 Å². The topological polar surface area (TPSA) is 34.1 Å². The van der Waals surface area contributed by atoms with Crippen LogP contribution in [0.15, 0.2) is 48.5 Å². The molecule has 0 saturated carbocycles. The van der Waals surface area contributed by atoms with Crippen LogP contribution in [0.1, 0.15) is 0 Å². The lowest BCUT2D eigenvalue weighted by atomic mass is 10.3. The monoisotopic (exact) mass is 232 g/mol. The summed E-state index contributed by atoms with van der Waals surface area (Å²) in [5.74, 6) is 0.849. The molecular weight excluding hydrogens is 219 g/mol. The second-order valence-electron chi connectivity index (χ2n) is 3.43. The third-order valence-corrected chi connectivity index (χ3v) is 2.14. The van der Waals surface area contributed by atoms with Gasteiger partial charge in [-0.1, -0.05) is 24.3 Å². The first kappa shape index (κ1) is 11.4. The number of rotatable bonds is 5. The second-order valence-corrected chi connectivity index (χ2v) is 3.43. The van der Waals surface area contributed by atoms with Gasteiger partial charge >= 0.3 is 0 Å². The normalized spacial score (nSPS) is 9.94. The lowest BCUT2D eigenvalue weighted by Gasteiger charge is -2.07. The van der Waals surface area contributed by atoms with Gasteiger partial charge in [-0.05, 0) is 24.3 Å². The van der Waals surface area contributed by atoms with E-state index in [1.54, 1.807) is 12.1 Å². The summed E-state index contributed by atoms with van der Waals surface area (Å²) in [6.45, 7) is 1.08. The smallest absolute Gasteiger partial charge is 0.214 e. The first-order chi connectivity index (χ1) is 8.34. The molecule has 1 N–H and O–H groups in total. The van der Waals surface area contributed by atoms with Gasteiger partial charge in [0.1, 0.15) is 18.2 Å². The van der Waals surface area contributed by atoms with Gasteiger partial charge in [0.15, 0.2) is 0 Å². The van der Waals surface area contributed by atoms with Crippen molar-refractivity contribution in [3.05, 3.63) is 54.5 Å². The highest BCUT2D eigenvalue weighted by Crippen LogP contribution is 2.08. The Morgan fingerprint density at radius 2 is 1.88 bits per heavy atom. The summed E-state index contributed by atoms with van der Waals surface area (Å²) in [5.41, 5.74) is 0. The van der Waals surface area contributed by atoms with Crippen LogP contribution in [-0.2, 0) is 0 Å². The standard InChI is InChI=1S/C13H13FN2O/c14-12-7-4-8-13(16-12)15-9-10-17-11-5-2-1-3-6-11/h1-8H,9-10H2,(H,15,16). The number of nitrogens with zero attached hydrogens (tertiary/aromatic N) is 1. The quantitative estimate of drug-likeness (QED) is 0.635. The molecule has 0 fully saturated rings. The van der Waals surface area contributed by atoms with E-state index in [4.69, 9.17) is 4.74 Å². The molecule has 0 aliphatic heterocycles. The third-order valence-electron chi connectivity index (χ3n) is 2.14. The number of anilines is 1. The molecule has 0 atom stereocenters. The highest BCUT2D eigenvalue weighted by molar-refractivity contribution is 5.33. The lowest BCUT2D eigenvalue weighted by Crippen LogP contribution is -2.12. The predicted molar refractivity (Wildman–Crippen MR) is 64.6 cm³/mol. The molecule has 1 heterocycles. The van der Waals surface area contributed by atoms with Crippen LogP contribution in [0.25, 0.3) is 0 Å². The molecule has 2 rings (SSSR count). The van der Waals surface area contributed by atoms with Crippen LogP contribution in [0.5, 0.6) is 5.75 Å². The summed E-state index contributed by atoms with van der Waals surface area (Å²) in [4.78, 5) is 3.68. The average molecular weight is 232 g/mol. The fraction of sp³-hybridized carbons (Fsp3) is 0.154. The SMILES string of the molecule is Fc1cccc(NCCOc2ccccc2)n1. The van der Waals surface area contributed by atoms with Crippen molar-refractivity contribution in [3.63, 3.8) is 0 Å². The zero-order chi connectivity index (χ0) is 11.9. The molecule has 0 aliphatic rings. The van der Waals surface area contributed by atoms with E-state index >= 15 is 0 Å². The molecule has 4 heteroatoms. The van der Waals surface area contributed by atoms with Crippen LogP contribution in [-0.4, -0.2) is 18.1 Å². The van der Waals surface area contributed by atoms with Gasteiger partial charge in [-0.3, -0.25) is 0 Å². The van der Waals surface area contributed by atoms with E-state index in [0.717, 1.165) is 5.75 Å². The third kappa shape index (κ3) is 3.75. The molecule has 88 valence electrons. The Bertz CT molecular complexity index is 462. The van der Waals surface area contributed by atoms with Crippen molar-refractivity contribution in [2.75, 3.05) is 18.5 Å². The Hall–Kier alpha value is -2.10. The number of ether oxygens (including phenoxy) is 1. The molecule has 17 heavy (non-hydrogen) atoms. The van der Waals surface area contributed by atoms with Crippen LogP contribution < -0.4 is 10.1 Å². The minimum Gasteiger partial charge on any atom is -0.492 e. The first-order valence-corrected chi connectivity index (χ1v) is 5.39. The maximum absolute atomic E-state index is 12.8. The second kappa shape index (κ2) is 5.84. The summed E-state index contributed by atoms with van der Waals surface area (Å²) in [5, 5.41) is 2.98. The Labute approximate surface area is 99.3 Å². The highest BCUT2D eigenvalue weighted by Gasteiger charge is 1.96. The van der Waals surface area contributed by atoms with Crippen molar-refractivity contribution in [2.45, 2.75) is 0 Å². The van der Waals surface area contributed by atoms with Crippen LogP contribution in [0, 0.1) is 5.95 Å². The minimum atomic E-state index is -0.487. The van der Waals surface area contributed by atoms with Gasteiger partial charge in [-0.2, -0.15) is 4.39 Å². The van der Waals surface area contributed by atoms with Gasteiger partial charge < -0.3 is 10.1 Å². The zero-order valence-electron chi connectivity index (χ0n) is 9.27. The summed E-state index contributed by atoms with van der Waals surface area (Å²) < 4.78 is 18.2. The van der Waals surface area contributed by atoms with Crippen LogP contribution in [0.3, 0.4) is 0 Å². The van der Waals surface area contributed by atoms with Crippen LogP contribution in [0.2, 0.25) is 0 Å². The molecule has 0 bridgehead atoms. The van der Waals surface area contributed by atoms with Gasteiger partial charge in [0.05, 0.1) is 6.54 Å².